The average Bonchev–Trinajstić information content (AvgIpc) is 2.33. The molecule has 6 nitrogen and oxygen atoms in total. The maximum Gasteiger partial charge on any atom is 0.303 e. The largest absolute Gasteiger partial charge is 0.481 e. The molecule has 4 N–H and O–H groups in total. The molecule has 0 saturated heterocycles. The van der Waals surface area contributed by atoms with Crippen molar-refractivity contribution in [3.05, 3.63) is 0 Å². The summed E-state index contributed by atoms with van der Waals surface area (Å²) in [5.41, 5.74) is 5.47. The maximum absolute atomic E-state index is 11.6. The fourth-order valence-electron chi connectivity index (χ4n) is 1.48. The van der Waals surface area contributed by atoms with Gasteiger partial charge in [-0.15, -0.1) is 0 Å². The van der Waals surface area contributed by atoms with E-state index in [9.17, 15) is 9.59 Å². The molecular weight excluding hydrogens is 236 g/mol. The Bertz CT molecular complexity index is 258. The molecule has 0 rings (SSSR count). The second-order valence-corrected chi connectivity index (χ2v) is 4.36. The molecule has 0 radical (unpaired) electrons. The molecule has 0 fully saturated rings. The number of carbonyl (C=O) groups is 2. The number of carbonyl (C=O) groups excluding carboxylic acids is 1. The number of aliphatic carboxylic acids is 1. The van der Waals surface area contributed by atoms with Gasteiger partial charge < -0.3 is 20.9 Å². The average molecular weight is 260 g/mol. The molecule has 2 unspecified atom stereocenters. The minimum atomic E-state index is -0.812. The van der Waals surface area contributed by atoms with Gasteiger partial charge in [-0.25, -0.2) is 0 Å². The Balaban J connectivity index is 3.77. The van der Waals surface area contributed by atoms with Crippen LogP contribution in [0.15, 0.2) is 0 Å². The number of amides is 1. The van der Waals surface area contributed by atoms with E-state index < -0.39 is 5.97 Å². The van der Waals surface area contributed by atoms with E-state index in [0.717, 1.165) is 0 Å². The van der Waals surface area contributed by atoms with Crippen molar-refractivity contribution in [1.82, 2.24) is 5.32 Å². The van der Waals surface area contributed by atoms with E-state index in [-0.39, 0.29) is 30.8 Å². The predicted octanol–water partition coefficient (Wildman–Crippen LogP) is 0.357. The van der Waals surface area contributed by atoms with Crippen LogP contribution in [0.5, 0.6) is 0 Å². The minimum absolute atomic E-state index is 0.110. The Labute approximate surface area is 108 Å². The highest BCUT2D eigenvalue weighted by Crippen LogP contribution is 2.04. The molecule has 0 aliphatic carbocycles. The number of carboxylic acids is 1. The lowest BCUT2D eigenvalue weighted by atomic mass is 10.1. The van der Waals surface area contributed by atoms with Crippen LogP contribution in [0.4, 0.5) is 0 Å². The van der Waals surface area contributed by atoms with E-state index in [2.05, 4.69) is 5.32 Å². The summed E-state index contributed by atoms with van der Waals surface area (Å²) in [4.78, 5) is 21.9. The summed E-state index contributed by atoms with van der Waals surface area (Å²) in [6.07, 6.45) is 0.683. The van der Waals surface area contributed by atoms with Crippen molar-refractivity contribution in [2.45, 2.75) is 39.2 Å². The molecule has 6 heteroatoms. The van der Waals surface area contributed by atoms with Crippen molar-refractivity contribution in [3.63, 3.8) is 0 Å². The van der Waals surface area contributed by atoms with Crippen molar-refractivity contribution in [2.24, 2.45) is 11.7 Å². The fourth-order valence-corrected chi connectivity index (χ4v) is 1.48. The van der Waals surface area contributed by atoms with Gasteiger partial charge >= 0.3 is 5.97 Å². The molecule has 0 aliphatic rings. The van der Waals surface area contributed by atoms with Crippen LogP contribution >= 0.6 is 0 Å². The van der Waals surface area contributed by atoms with Crippen molar-refractivity contribution in [2.75, 3.05) is 19.7 Å². The third kappa shape index (κ3) is 8.95. The van der Waals surface area contributed by atoms with Crippen LogP contribution in [0.1, 0.15) is 33.1 Å². The van der Waals surface area contributed by atoms with Gasteiger partial charge in [-0.1, -0.05) is 6.92 Å². The number of hydrogen-bond acceptors (Lipinski definition) is 4. The van der Waals surface area contributed by atoms with Crippen LogP contribution in [-0.4, -0.2) is 42.8 Å². The lowest BCUT2D eigenvalue weighted by Crippen LogP contribution is -2.34. The number of ether oxygens (including phenoxy) is 1. The second kappa shape index (κ2) is 9.85. The Hall–Kier alpha value is -1.14. The van der Waals surface area contributed by atoms with Gasteiger partial charge in [0, 0.05) is 26.1 Å². The van der Waals surface area contributed by atoms with Crippen LogP contribution in [0.25, 0.3) is 0 Å². The quantitative estimate of drug-likeness (QED) is 0.526. The Morgan fingerprint density at radius 1 is 1.44 bits per heavy atom. The van der Waals surface area contributed by atoms with Crippen LogP contribution in [0.3, 0.4) is 0 Å². The summed E-state index contributed by atoms with van der Waals surface area (Å²) in [5.74, 6) is -0.776. The lowest BCUT2D eigenvalue weighted by Gasteiger charge is -2.16. The molecule has 0 aromatic heterocycles. The lowest BCUT2D eigenvalue weighted by molar-refractivity contribution is -0.137. The first kappa shape index (κ1) is 16.9. The summed E-state index contributed by atoms with van der Waals surface area (Å²) < 4.78 is 5.28. The van der Waals surface area contributed by atoms with E-state index >= 15 is 0 Å². The smallest absolute Gasteiger partial charge is 0.303 e. The first-order chi connectivity index (χ1) is 8.49. The zero-order valence-corrected chi connectivity index (χ0v) is 11.1. The molecule has 0 bridgehead atoms. The monoisotopic (exact) mass is 260 g/mol. The highest BCUT2D eigenvalue weighted by Gasteiger charge is 2.13. The summed E-state index contributed by atoms with van der Waals surface area (Å²) in [5, 5.41) is 11.3. The third-order valence-corrected chi connectivity index (χ3v) is 2.58. The first-order valence-corrected chi connectivity index (χ1v) is 6.29. The Kier molecular flexibility index (Phi) is 9.22. The zero-order valence-electron chi connectivity index (χ0n) is 11.1. The highest BCUT2D eigenvalue weighted by molar-refractivity contribution is 5.76. The molecule has 0 saturated carbocycles. The number of carboxylic acid groups (broad SMARTS) is 1. The number of hydrogen-bond donors (Lipinski definition) is 3. The van der Waals surface area contributed by atoms with Gasteiger partial charge in [0.1, 0.15) is 0 Å². The molecule has 1 amide bonds. The van der Waals surface area contributed by atoms with Crippen LogP contribution < -0.4 is 11.1 Å². The van der Waals surface area contributed by atoms with Gasteiger partial charge in [-0.3, -0.25) is 9.59 Å². The second-order valence-electron chi connectivity index (χ2n) is 4.36. The summed E-state index contributed by atoms with van der Waals surface area (Å²) in [7, 11) is 0. The Morgan fingerprint density at radius 3 is 2.61 bits per heavy atom. The molecule has 0 heterocycles. The predicted molar refractivity (Wildman–Crippen MR) is 68.1 cm³/mol. The van der Waals surface area contributed by atoms with Crippen molar-refractivity contribution >= 4 is 11.9 Å². The van der Waals surface area contributed by atoms with Gasteiger partial charge in [0.25, 0.3) is 0 Å². The van der Waals surface area contributed by atoms with E-state index in [1.165, 1.54) is 0 Å². The summed E-state index contributed by atoms with van der Waals surface area (Å²) in [6, 6.07) is 0. The van der Waals surface area contributed by atoms with E-state index in [1.807, 2.05) is 13.8 Å². The molecular formula is C12H24N2O4. The third-order valence-electron chi connectivity index (χ3n) is 2.58. The van der Waals surface area contributed by atoms with Gasteiger partial charge in [0.15, 0.2) is 0 Å². The summed E-state index contributed by atoms with van der Waals surface area (Å²) >= 11 is 0. The number of nitrogens with two attached hydrogens (primary N) is 1. The normalized spacial score (nSPS) is 13.9. The molecule has 106 valence electrons. The molecule has 18 heavy (non-hydrogen) atoms. The molecule has 0 aliphatic heterocycles. The molecule has 0 aromatic carbocycles. The number of rotatable bonds is 10. The fraction of sp³-hybridized carbons (Fsp3) is 0.833. The SMILES string of the molecule is CCOC(CN)CC(=O)NCC(C)CCC(=O)O. The zero-order chi connectivity index (χ0) is 14.0. The van der Waals surface area contributed by atoms with E-state index in [0.29, 0.717) is 26.1 Å². The molecule has 0 aromatic rings. The van der Waals surface area contributed by atoms with Gasteiger partial charge in [-0.05, 0) is 19.3 Å². The number of nitrogens with one attached hydrogen (secondary N) is 1. The Morgan fingerprint density at radius 2 is 2.11 bits per heavy atom. The van der Waals surface area contributed by atoms with Crippen LogP contribution in [0, 0.1) is 5.92 Å². The molecule has 2 atom stereocenters. The van der Waals surface area contributed by atoms with Crippen molar-refractivity contribution in [3.8, 4) is 0 Å². The van der Waals surface area contributed by atoms with E-state index in [1.54, 1.807) is 0 Å². The molecule has 0 spiro atoms. The van der Waals surface area contributed by atoms with Crippen LogP contribution in [0.2, 0.25) is 0 Å². The van der Waals surface area contributed by atoms with Crippen LogP contribution in [-0.2, 0) is 14.3 Å². The topological polar surface area (TPSA) is 102 Å². The van der Waals surface area contributed by atoms with Gasteiger partial charge in [0.05, 0.1) is 12.5 Å². The standard InChI is InChI=1S/C12H24N2O4/c1-3-18-10(7-13)6-11(15)14-8-9(2)4-5-12(16)17/h9-10H,3-8,13H2,1-2H3,(H,14,15)(H,16,17). The summed E-state index contributed by atoms with van der Waals surface area (Å²) in [6.45, 7) is 5.09. The van der Waals surface area contributed by atoms with E-state index in [4.69, 9.17) is 15.6 Å². The maximum atomic E-state index is 11.6. The van der Waals surface area contributed by atoms with Crippen molar-refractivity contribution in [1.29, 1.82) is 0 Å². The van der Waals surface area contributed by atoms with Gasteiger partial charge in [0.2, 0.25) is 5.91 Å². The minimum Gasteiger partial charge on any atom is -0.481 e. The van der Waals surface area contributed by atoms with Crippen molar-refractivity contribution < 1.29 is 19.4 Å². The van der Waals surface area contributed by atoms with Gasteiger partial charge in [-0.2, -0.15) is 0 Å². The highest BCUT2D eigenvalue weighted by atomic mass is 16.5. The first-order valence-electron chi connectivity index (χ1n) is 6.29.